The van der Waals surface area contributed by atoms with Gasteiger partial charge in [0.1, 0.15) is 0 Å². The number of hydrogen-bond acceptors (Lipinski definition) is 6. The Morgan fingerprint density at radius 1 is 1.19 bits per heavy atom. The number of aryl methyl sites for hydroxylation is 1. The summed E-state index contributed by atoms with van der Waals surface area (Å²) in [7, 11) is -3.63. The van der Waals surface area contributed by atoms with Crippen molar-refractivity contribution >= 4 is 38.2 Å². The summed E-state index contributed by atoms with van der Waals surface area (Å²) in [6, 6.07) is 5.95. The third-order valence-corrected chi connectivity index (χ3v) is 7.36. The van der Waals surface area contributed by atoms with Gasteiger partial charge in [0.05, 0.1) is 10.6 Å². The van der Waals surface area contributed by atoms with Gasteiger partial charge in [0.25, 0.3) is 0 Å². The molecule has 0 aliphatic carbocycles. The van der Waals surface area contributed by atoms with Crippen molar-refractivity contribution in [3.8, 4) is 0 Å². The number of rotatable bonds is 5. The molecule has 1 aromatic carbocycles. The van der Waals surface area contributed by atoms with E-state index in [2.05, 4.69) is 10.3 Å². The Labute approximate surface area is 162 Å². The van der Waals surface area contributed by atoms with Crippen molar-refractivity contribution in [1.29, 1.82) is 0 Å². The van der Waals surface area contributed by atoms with Gasteiger partial charge >= 0.3 is 0 Å². The van der Waals surface area contributed by atoms with E-state index in [9.17, 15) is 18.0 Å². The summed E-state index contributed by atoms with van der Waals surface area (Å²) in [5.41, 5.74) is 1.33. The Balaban J connectivity index is 1.62. The first-order valence-corrected chi connectivity index (χ1v) is 10.9. The van der Waals surface area contributed by atoms with Gasteiger partial charge < -0.3 is 5.32 Å². The predicted octanol–water partition coefficient (Wildman–Crippen LogP) is 2.69. The van der Waals surface area contributed by atoms with Gasteiger partial charge in [-0.2, -0.15) is 4.31 Å². The third-order valence-electron chi connectivity index (χ3n) is 4.57. The summed E-state index contributed by atoms with van der Waals surface area (Å²) in [6.45, 7) is 3.86. The van der Waals surface area contributed by atoms with Crippen LogP contribution in [-0.2, 0) is 14.8 Å². The number of sulfonamides is 1. The van der Waals surface area contributed by atoms with Crippen molar-refractivity contribution in [3.63, 3.8) is 0 Å². The molecule has 0 bridgehead atoms. The van der Waals surface area contributed by atoms with Crippen LogP contribution >= 0.6 is 11.3 Å². The summed E-state index contributed by atoms with van der Waals surface area (Å²) < 4.78 is 26.9. The molecule has 1 fully saturated rings. The number of thiazole rings is 1. The second-order valence-electron chi connectivity index (χ2n) is 6.54. The monoisotopic (exact) mass is 407 g/mol. The van der Waals surface area contributed by atoms with Crippen LogP contribution in [0.5, 0.6) is 0 Å². The zero-order chi connectivity index (χ0) is 19.6. The molecule has 1 saturated heterocycles. The standard InChI is InChI=1S/C18H21N3O4S2/c1-12-11-26-18(19-12)20-17(23)15-7-9-21(10-8-15)27(24,25)16-5-3-14(4-6-16)13(2)22/h3-6,11,15H,7-10H2,1-2H3,(H,19,20,23). The van der Waals surface area contributed by atoms with E-state index in [-0.39, 0.29) is 35.6 Å². The molecule has 0 unspecified atom stereocenters. The highest BCUT2D eigenvalue weighted by molar-refractivity contribution is 7.89. The van der Waals surface area contributed by atoms with Crippen LogP contribution in [0, 0.1) is 12.8 Å². The average Bonchev–Trinajstić information content (AvgIpc) is 3.06. The van der Waals surface area contributed by atoms with Crippen LogP contribution < -0.4 is 5.32 Å². The van der Waals surface area contributed by atoms with Crippen LogP contribution in [0.25, 0.3) is 0 Å². The number of piperidine rings is 1. The van der Waals surface area contributed by atoms with E-state index in [1.807, 2.05) is 12.3 Å². The molecule has 0 spiro atoms. The summed E-state index contributed by atoms with van der Waals surface area (Å²) in [4.78, 5) is 28.1. The maximum Gasteiger partial charge on any atom is 0.243 e. The fourth-order valence-corrected chi connectivity index (χ4v) is 5.15. The highest BCUT2D eigenvalue weighted by Crippen LogP contribution is 2.25. The SMILES string of the molecule is CC(=O)c1ccc(S(=O)(=O)N2CCC(C(=O)Nc3nc(C)cs3)CC2)cc1. The van der Waals surface area contributed by atoms with E-state index in [1.54, 1.807) is 0 Å². The molecule has 2 aromatic rings. The van der Waals surface area contributed by atoms with Gasteiger partial charge in [-0.05, 0) is 38.8 Å². The topological polar surface area (TPSA) is 96.4 Å². The maximum absolute atomic E-state index is 12.8. The Hall–Kier alpha value is -2.10. The summed E-state index contributed by atoms with van der Waals surface area (Å²) in [6.07, 6.45) is 0.919. The average molecular weight is 408 g/mol. The number of anilines is 1. The first kappa shape index (κ1) is 19.7. The third kappa shape index (κ3) is 4.42. The first-order valence-electron chi connectivity index (χ1n) is 8.61. The lowest BCUT2D eigenvalue weighted by Gasteiger charge is -2.30. The van der Waals surface area contributed by atoms with Gasteiger partial charge in [-0.3, -0.25) is 9.59 Å². The molecule has 1 N–H and O–H groups in total. The minimum absolute atomic E-state index is 0.110. The van der Waals surface area contributed by atoms with E-state index < -0.39 is 10.0 Å². The number of ketones is 1. The van der Waals surface area contributed by atoms with E-state index >= 15 is 0 Å². The highest BCUT2D eigenvalue weighted by Gasteiger charge is 2.32. The summed E-state index contributed by atoms with van der Waals surface area (Å²) >= 11 is 1.37. The molecule has 27 heavy (non-hydrogen) atoms. The number of aromatic nitrogens is 1. The molecule has 7 nitrogen and oxygen atoms in total. The number of amides is 1. The number of carbonyl (C=O) groups excluding carboxylic acids is 2. The summed E-state index contributed by atoms with van der Waals surface area (Å²) in [5, 5.41) is 5.23. The molecule has 3 rings (SSSR count). The van der Waals surface area contributed by atoms with E-state index in [4.69, 9.17) is 0 Å². The van der Waals surface area contributed by atoms with E-state index in [1.165, 1.54) is 46.8 Å². The first-order chi connectivity index (χ1) is 12.8. The smallest absolute Gasteiger partial charge is 0.243 e. The highest BCUT2D eigenvalue weighted by atomic mass is 32.2. The normalized spacial score (nSPS) is 16.2. The Morgan fingerprint density at radius 2 is 1.81 bits per heavy atom. The van der Waals surface area contributed by atoms with Crippen LogP contribution in [0.4, 0.5) is 5.13 Å². The molecule has 1 aliphatic heterocycles. The van der Waals surface area contributed by atoms with Crippen molar-refractivity contribution in [1.82, 2.24) is 9.29 Å². The van der Waals surface area contributed by atoms with Crippen LogP contribution in [0.2, 0.25) is 0 Å². The van der Waals surface area contributed by atoms with Gasteiger partial charge in [-0.15, -0.1) is 11.3 Å². The fourth-order valence-electron chi connectivity index (χ4n) is 2.99. The van der Waals surface area contributed by atoms with Crippen LogP contribution in [0.1, 0.15) is 35.8 Å². The van der Waals surface area contributed by atoms with Crippen LogP contribution in [0.15, 0.2) is 34.5 Å². The Morgan fingerprint density at radius 3 is 2.33 bits per heavy atom. The van der Waals surface area contributed by atoms with Crippen molar-refractivity contribution in [3.05, 3.63) is 40.9 Å². The molecule has 0 radical (unpaired) electrons. The Bertz CT molecular complexity index is 943. The largest absolute Gasteiger partial charge is 0.302 e. The van der Waals surface area contributed by atoms with E-state index in [0.717, 1.165) is 5.69 Å². The second kappa shape index (κ2) is 7.87. The maximum atomic E-state index is 12.8. The number of Topliss-reactive ketones (excluding diaryl/α,β-unsaturated/α-hetero) is 1. The number of nitrogens with zero attached hydrogens (tertiary/aromatic N) is 2. The van der Waals surface area contributed by atoms with Crippen molar-refractivity contribution < 1.29 is 18.0 Å². The van der Waals surface area contributed by atoms with Crippen LogP contribution in [-0.4, -0.2) is 42.5 Å². The minimum atomic E-state index is -3.63. The number of benzene rings is 1. The van der Waals surface area contributed by atoms with E-state index in [0.29, 0.717) is 23.5 Å². The molecule has 1 aliphatic rings. The van der Waals surface area contributed by atoms with Crippen molar-refractivity contribution in [2.24, 2.45) is 5.92 Å². The summed E-state index contributed by atoms with van der Waals surface area (Å²) in [5.74, 6) is -0.464. The zero-order valence-corrected chi connectivity index (χ0v) is 16.8. The molecule has 1 aromatic heterocycles. The fraction of sp³-hybridized carbons (Fsp3) is 0.389. The van der Waals surface area contributed by atoms with Gasteiger partial charge in [0, 0.05) is 30.0 Å². The second-order valence-corrected chi connectivity index (χ2v) is 9.34. The predicted molar refractivity (Wildman–Crippen MR) is 103 cm³/mol. The molecule has 0 saturated carbocycles. The molecular weight excluding hydrogens is 386 g/mol. The van der Waals surface area contributed by atoms with Crippen molar-refractivity contribution in [2.45, 2.75) is 31.6 Å². The molecular formula is C18H21N3O4S2. The molecule has 144 valence electrons. The van der Waals surface area contributed by atoms with Gasteiger partial charge in [0.15, 0.2) is 10.9 Å². The Kier molecular flexibility index (Phi) is 5.73. The molecule has 1 amide bonds. The van der Waals surface area contributed by atoms with Crippen LogP contribution in [0.3, 0.4) is 0 Å². The number of hydrogen-bond donors (Lipinski definition) is 1. The molecule has 2 heterocycles. The lowest BCUT2D eigenvalue weighted by molar-refractivity contribution is -0.120. The molecule has 0 atom stereocenters. The van der Waals surface area contributed by atoms with Gasteiger partial charge in [-0.1, -0.05) is 12.1 Å². The zero-order valence-electron chi connectivity index (χ0n) is 15.1. The quantitative estimate of drug-likeness (QED) is 0.769. The van der Waals surface area contributed by atoms with Gasteiger partial charge in [0.2, 0.25) is 15.9 Å². The lowest BCUT2D eigenvalue weighted by atomic mass is 9.97. The lowest BCUT2D eigenvalue weighted by Crippen LogP contribution is -2.41. The van der Waals surface area contributed by atoms with Crippen molar-refractivity contribution in [2.75, 3.05) is 18.4 Å². The number of carbonyl (C=O) groups is 2. The van der Waals surface area contributed by atoms with Gasteiger partial charge in [-0.25, -0.2) is 13.4 Å². The number of nitrogens with one attached hydrogen (secondary N) is 1. The minimum Gasteiger partial charge on any atom is -0.302 e. The molecule has 9 heteroatoms.